The van der Waals surface area contributed by atoms with Crippen LogP contribution < -0.4 is 4.80 Å². The molecule has 3 aromatic rings. The van der Waals surface area contributed by atoms with Crippen molar-refractivity contribution in [2.45, 2.75) is 31.3 Å². The van der Waals surface area contributed by atoms with Gasteiger partial charge in [0.15, 0.2) is 4.80 Å². The second-order valence-electron chi connectivity index (χ2n) is 7.20. The van der Waals surface area contributed by atoms with Crippen LogP contribution in [-0.4, -0.2) is 50.0 Å². The molecular weight excluding hydrogens is 458 g/mol. The Kier molecular flexibility index (Phi) is 7.33. The number of thiazole rings is 1. The first-order chi connectivity index (χ1) is 14.6. The number of aromatic nitrogens is 1. The zero-order chi connectivity index (χ0) is 22.8. The molecule has 10 heteroatoms. The molecule has 2 aromatic carbocycles. The lowest BCUT2D eigenvalue weighted by Crippen LogP contribution is -2.33. The van der Waals surface area contributed by atoms with Gasteiger partial charge >= 0.3 is 0 Å². The molecule has 1 aromatic heterocycles. The van der Waals surface area contributed by atoms with E-state index in [4.69, 9.17) is 16.3 Å². The van der Waals surface area contributed by atoms with Gasteiger partial charge in [0.25, 0.3) is 5.91 Å². The number of hydrogen-bond acceptors (Lipinski definition) is 5. The molecule has 0 aliphatic carbocycles. The van der Waals surface area contributed by atoms with Crippen LogP contribution in [0.5, 0.6) is 0 Å². The largest absolute Gasteiger partial charge is 0.383 e. The monoisotopic (exact) mass is 481 g/mol. The fourth-order valence-corrected chi connectivity index (χ4v) is 5.59. The predicted molar refractivity (Wildman–Crippen MR) is 123 cm³/mol. The van der Waals surface area contributed by atoms with Crippen molar-refractivity contribution in [3.05, 3.63) is 57.9 Å². The highest BCUT2D eigenvalue weighted by molar-refractivity contribution is 7.89. The van der Waals surface area contributed by atoms with Gasteiger partial charge in [0.1, 0.15) is 0 Å². The van der Waals surface area contributed by atoms with Crippen LogP contribution in [0.15, 0.2) is 52.4 Å². The van der Waals surface area contributed by atoms with Crippen LogP contribution in [0.4, 0.5) is 0 Å². The van der Waals surface area contributed by atoms with Crippen LogP contribution in [0.3, 0.4) is 0 Å². The van der Waals surface area contributed by atoms with Crippen molar-refractivity contribution >= 4 is 49.1 Å². The summed E-state index contributed by atoms with van der Waals surface area (Å²) in [6, 6.07) is 11.2. The standard InChI is InChI=1S/C21H24ClN3O4S2/c1-14(2)24(3)31(27,28)17-8-5-15(6-9-17)20(26)23-21-25(11-12-29-4)18-10-7-16(22)13-19(18)30-21/h5-10,13-14H,11-12H2,1-4H3. The Morgan fingerprint density at radius 2 is 1.90 bits per heavy atom. The van der Waals surface area contributed by atoms with Gasteiger partial charge in [-0.3, -0.25) is 4.79 Å². The van der Waals surface area contributed by atoms with Crippen LogP contribution in [-0.2, 0) is 21.3 Å². The number of ether oxygens (including phenoxy) is 1. The topological polar surface area (TPSA) is 81.0 Å². The summed E-state index contributed by atoms with van der Waals surface area (Å²) in [6.07, 6.45) is 0. The third-order valence-electron chi connectivity index (χ3n) is 4.87. The predicted octanol–water partition coefficient (Wildman–Crippen LogP) is 3.77. The summed E-state index contributed by atoms with van der Waals surface area (Å²) in [6.45, 7) is 4.59. The van der Waals surface area contributed by atoms with Crippen molar-refractivity contribution in [3.8, 4) is 0 Å². The van der Waals surface area contributed by atoms with Gasteiger partial charge in [-0.05, 0) is 56.3 Å². The molecule has 31 heavy (non-hydrogen) atoms. The van der Waals surface area contributed by atoms with E-state index in [0.717, 1.165) is 10.2 Å². The molecule has 0 saturated heterocycles. The highest BCUT2D eigenvalue weighted by Crippen LogP contribution is 2.22. The molecule has 0 aliphatic rings. The van der Waals surface area contributed by atoms with Crippen molar-refractivity contribution in [3.63, 3.8) is 0 Å². The molecule has 0 spiro atoms. The molecule has 0 bridgehead atoms. The molecule has 0 unspecified atom stereocenters. The molecule has 166 valence electrons. The van der Waals surface area contributed by atoms with Gasteiger partial charge in [0, 0.05) is 37.3 Å². The zero-order valence-electron chi connectivity index (χ0n) is 17.7. The van der Waals surface area contributed by atoms with Crippen molar-refractivity contribution in [2.75, 3.05) is 20.8 Å². The smallest absolute Gasteiger partial charge is 0.279 e. The van der Waals surface area contributed by atoms with E-state index in [2.05, 4.69) is 4.99 Å². The van der Waals surface area contributed by atoms with Gasteiger partial charge in [-0.2, -0.15) is 9.30 Å². The number of hydrogen-bond donors (Lipinski definition) is 0. The number of halogens is 1. The van der Waals surface area contributed by atoms with Crippen molar-refractivity contribution in [1.29, 1.82) is 0 Å². The molecule has 0 aliphatic heterocycles. The third-order valence-corrected chi connectivity index (χ3v) is 8.19. The Bertz CT molecular complexity index is 1260. The maximum atomic E-state index is 12.8. The molecule has 0 fully saturated rings. The SMILES string of the molecule is COCCn1c(=NC(=O)c2ccc(S(=O)(=O)N(C)C(C)C)cc2)sc2cc(Cl)ccc21. The summed E-state index contributed by atoms with van der Waals surface area (Å²) < 4.78 is 34.5. The number of sulfonamides is 1. The first-order valence-corrected chi connectivity index (χ1v) is 12.2. The maximum Gasteiger partial charge on any atom is 0.279 e. The summed E-state index contributed by atoms with van der Waals surface area (Å²) in [5.41, 5.74) is 1.22. The molecule has 7 nitrogen and oxygen atoms in total. The minimum absolute atomic E-state index is 0.131. The van der Waals surface area contributed by atoms with E-state index in [0.29, 0.717) is 28.5 Å². The second kappa shape index (κ2) is 9.62. The molecule has 0 saturated carbocycles. The van der Waals surface area contributed by atoms with Crippen LogP contribution in [0.1, 0.15) is 24.2 Å². The number of carbonyl (C=O) groups excluding carboxylic acids is 1. The maximum absolute atomic E-state index is 12.8. The Labute approximate surface area is 190 Å². The molecule has 0 radical (unpaired) electrons. The lowest BCUT2D eigenvalue weighted by molar-refractivity contribution is 0.0997. The molecule has 1 heterocycles. The zero-order valence-corrected chi connectivity index (χ0v) is 20.1. The van der Waals surface area contributed by atoms with Crippen LogP contribution in [0.2, 0.25) is 5.02 Å². The summed E-state index contributed by atoms with van der Waals surface area (Å²) in [5, 5.41) is 0.605. The van der Waals surface area contributed by atoms with E-state index in [-0.39, 0.29) is 10.9 Å². The van der Waals surface area contributed by atoms with Gasteiger partial charge in [-0.1, -0.05) is 22.9 Å². The van der Waals surface area contributed by atoms with E-state index in [1.54, 1.807) is 27.0 Å². The van der Waals surface area contributed by atoms with Crippen molar-refractivity contribution in [2.24, 2.45) is 4.99 Å². The van der Waals surface area contributed by atoms with Crippen molar-refractivity contribution < 1.29 is 17.9 Å². The van der Waals surface area contributed by atoms with Gasteiger partial charge in [0.05, 0.1) is 21.7 Å². The third kappa shape index (κ3) is 5.07. The van der Waals surface area contributed by atoms with E-state index >= 15 is 0 Å². The number of amides is 1. The van der Waals surface area contributed by atoms with E-state index in [9.17, 15) is 13.2 Å². The fraction of sp³-hybridized carbons (Fsp3) is 0.333. The van der Waals surface area contributed by atoms with Crippen molar-refractivity contribution in [1.82, 2.24) is 8.87 Å². The average Bonchev–Trinajstić information content (AvgIpc) is 3.07. The minimum atomic E-state index is -3.62. The van der Waals surface area contributed by atoms with E-state index < -0.39 is 15.9 Å². The molecule has 3 rings (SSSR count). The minimum Gasteiger partial charge on any atom is -0.383 e. The van der Waals surface area contributed by atoms with Gasteiger partial charge < -0.3 is 9.30 Å². The molecule has 0 atom stereocenters. The lowest BCUT2D eigenvalue weighted by atomic mass is 10.2. The molecular formula is C21H24ClN3O4S2. The summed E-state index contributed by atoms with van der Waals surface area (Å²) in [5.74, 6) is -0.454. The first kappa shape index (κ1) is 23.6. The molecule has 1 amide bonds. The highest BCUT2D eigenvalue weighted by atomic mass is 35.5. The Morgan fingerprint density at radius 1 is 1.23 bits per heavy atom. The summed E-state index contributed by atoms with van der Waals surface area (Å²) in [7, 11) is -0.475. The second-order valence-corrected chi connectivity index (χ2v) is 10.6. The first-order valence-electron chi connectivity index (χ1n) is 9.60. The van der Waals surface area contributed by atoms with E-state index in [1.807, 2.05) is 16.7 Å². The highest BCUT2D eigenvalue weighted by Gasteiger charge is 2.23. The number of nitrogens with zero attached hydrogens (tertiary/aromatic N) is 3. The Balaban J connectivity index is 1.98. The Morgan fingerprint density at radius 3 is 2.52 bits per heavy atom. The Hall–Kier alpha value is -2.04. The number of benzene rings is 2. The van der Waals surface area contributed by atoms with Crippen LogP contribution in [0, 0.1) is 0 Å². The molecule has 0 N–H and O–H groups in total. The number of methoxy groups -OCH3 is 1. The summed E-state index contributed by atoms with van der Waals surface area (Å²) in [4.78, 5) is 17.7. The van der Waals surface area contributed by atoms with Gasteiger partial charge in [-0.15, -0.1) is 0 Å². The fourth-order valence-electron chi connectivity index (χ4n) is 2.90. The van der Waals surface area contributed by atoms with E-state index in [1.165, 1.54) is 47.0 Å². The number of fused-ring (bicyclic) bond motifs is 1. The average molecular weight is 482 g/mol. The van der Waals surface area contributed by atoms with Crippen LogP contribution in [0.25, 0.3) is 10.2 Å². The summed E-state index contributed by atoms with van der Waals surface area (Å²) >= 11 is 7.46. The normalized spacial score (nSPS) is 12.9. The van der Waals surface area contributed by atoms with Gasteiger partial charge in [0.2, 0.25) is 10.0 Å². The quantitative estimate of drug-likeness (QED) is 0.514. The number of carbonyl (C=O) groups is 1. The number of rotatable bonds is 7. The van der Waals surface area contributed by atoms with Crippen LogP contribution >= 0.6 is 22.9 Å². The lowest BCUT2D eigenvalue weighted by Gasteiger charge is -2.20. The van der Waals surface area contributed by atoms with Gasteiger partial charge in [-0.25, -0.2) is 8.42 Å².